The Balaban J connectivity index is 2.68. The summed E-state index contributed by atoms with van der Waals surface area (Å²) < 4.78 is 25.0. The van der Waals surface area contributed by atoms with Gasteiger partial charge in [-0.05, 0) is 0 Å². The highest BCUT2D eigenvalue weighted by Gasteiger charge is 2.24. The molecule has 1 fully saturated rings. The summed E-state index contributed by atoms with van der Waals surface area (Å²) in [6.07, 6.45) is 0.553. The molecule has 0 aromatic rings. The molecule has 2 N–H and O–H groups in total. The molecule has 1 rings (SSSR count). The third-order valence-electron chi connectivity index (χ3n) is 0.964. The quantitative estimate of drug-likeness (QED) is 0.424. The van der Waals surface area contributed by atoms with E-state index in [0.29, 0.717) is 6.29 Å². The highest BCUT2D eigenvalue weighted by molar-refractivity contribution is 7.87. The molecular weight excluding hydrogens is 144 g/mol. The number of nitrogens with one attached hydrogen (secondary N) is 2. The van der Waals surface area contributed by atoms with Crippen molar-refractivity contribution in [2.75, 3.05) is 6.54 Å². The molecule has 0 radical (unpaired) electrons. The van der Waals surface area contributed by atoms with Crippen molar-refractivity contribution in [2.45, 2.75) is 6.04 Å². The van der Waals surface area contributed by atoms with E-state index < -0.39 is 16.3 Å². The van der Waals surface area contributed by atoms with Crippen LogP contribution >= 0.6 is 0 Å². The van der Waals surface area contributed by atoms with Crippen LogP contribution in [-0.4, -0.2) is 27.3 Å². The first-order chi connectivity index (χ1) is 4.14. The summed E-state index contributed by atoms with van der Waals surface area (Å²) in [4.78, 5) is 9.93. The zero-order chi connectivity index (χ0) is 6.91. The Morgan fingerprint density at radius 1 is 1.56 bits per heavy atom. The monoisotopic (exact) mass is 150 g/mol. The smallest absolute Gasteiger partial charge is 0.277 e. The number of carbonyl (C=O) groups is 1. The molecule has 52 valence electrons. The Hall–Kier alpha value is -0.460. The molecule has 0 bridgehead atoms. The summed E-state index contributed by atoms with van der Waals surface area (Å²) in [5, 5.41) is 0. The van der Waals surface area contributed by atoms with Crippen LogP contribution in [0, 0.1) is 0 Å². The Kier molecular flexibility index (Phi) is 1.52. The van der Waals surface area contributed by atoms with Gasteiger partial charge in [-0.25, -0.2) is 4.72 Å². The molecule has 1 aliphatic rings. The van der Waals surface area contributed by atoms with Gasteiger partial charge in [0.15, 0.2) is 0 Å². The minimum absolute atomic E-state index is 0.159. The van der Waals surface area contributed by atoms with Crippen molar-refractivity contribution in [1.82, 2.24) is 9.44 Å². The normalized spacial score (nSPS) is 32.2. The van der Waals surface area contributed by atoms with Gasteiger partial charge < -0.3 is 4.79 Å². The van der Waals surface area contributed by atoms with Crippen molar-refractivity contribution in [3.05, 3.63) is 0 Å². The van der Waals surface area contributed by atoms with E-state index in [2.05, 4.69) is 9.44 Å². The largest absolute Gasteiger partial charge is 0.302 e. The molecule has 1 heterocycles. The zero-order valence-corrected chi connectivity index (χ0v) is 5.31. The van der Waals surface area contributed by atoms with Gasteiger partial charge in [-0.3, -0.25) is 0 Å². The second-order valence-electron chi connectivity index (χ2n) is 1.71. The number of rotatable bonds is 1. The highest BCUT2D eigenvalue weighted by atomic mass is 32.2. The van der Waals surface area contributed by atoms with Gasteiger partial charge in [0.2, 0.25) is 0 Å². The van der Waals surface area contributed by atoms with Gasteiger partial charge in [-0.15, -0.1) is 0 Å². The molecule has 1 aliphatic heterocycles. The van der Waals surface area contributed by atoms with E-state index in [-0.39, 0.29) is 6.54 Å². The maximum atomic E-state index is 10.4. The lowest BCUT2D eigenvalue weighted by Gasteiger charge is -1.91. The van der Waals surface area contributed by atoms with Crippen LogP contribution in [0.1, 0.15) is 0 Å². The van der Waals surface area contributed by atoms with E-state index in [9.17, 15) is 13.2 Å². The molecule has 0 saturated carbocycles. The molecule has 0 aromatic carbocycles. The van der Waals surface area contributed by atoms with Crippen molar-refractivity contribution in [2.24, 2.45) is 0 Å². The standard InChI is InChI=1S/C3H6N2O3S/c6-2-3-1-4-9(7,8)5-3/h2-5H,1H2. The first kappa shape index (κ1) is 6.66. The average Bonchev–Trinajstić information content (AvgIpc) is 2.10. The van der Waals surface area contributed by atoms with Gasteiger partial charge in [0.05, 0.1) is 6.04 Å². The lowest BCUT2D eigenvalue weighted by atomic mass is 10.4. The molecular formula is C3H6N2O3S. The maximum Gasteiger partial charge on any atom is 0.277 e. The summed E-state index contributed by atoms with van der Waals surface area (Å²) >= 11 is 0. The van der Waals surface area contributed by atoms with Crippen LogP contribution in [0.3, 0.4) is 0 Å². The first-order valence-corrected chi connectivity index (χ1v) is 3.84. The highest BCUT2D eigenvalue weighted by Crippen LogP contribution is 1.90. The van der Waals surface area contributed by atoms with Gasteiger partial charge in [0, 0.05) is 6.54 Å². The summed E-state index contributed by atoms with van der Waals surface area (Å²) in [6.45, 7) is 0.159. The molecule has 1 saturated heterocycles. The fourth-order valence-electron chi connectivity index (χ4n) is 0.558. The van der Waals surface area contributed by atoms with Gasteiger partial charge >= 0.3 is 0 Å². The number of hydrogen-bond acceptors (Lipinski definition) is 3. The minimum Gasteiger partial charge on any atom is -0.302 e. The third-order valence-corrected chi connectivity index (χ3v) is 2.12. The molecule has 0 spiro atoms. The van der Waals surface area contributed by atoms with E-state index >= 15 is 0 Å². The fourth-order valence-corrected chi connectivity index (χ4v) is 1.58. The van der Waals surface area contributed by atoms with Crippen molar-refractivity contribution in [3.8, 4) is 0 Å². The third kappa shape index (κ3) is 1.47. The molecule has 6 heteroatoms. The van der Waals surface area contributed by atoms with Gasteiger partial charge in [0.1, 0.15) is 6.29 Å². The first-order valence-electron chi connectivity index (χ1n) is 2.36. The Morgan fingerprint density at radius 2 is 2.22 bits per heavy atom. The predicted octanol–water partition coefficient (Wildman–Crippen LogP) is -2.01. The molecule has 9 heavy (non-hydrogen) atoms. The van der Waals surface area contributed by atoms with Crippen molar-refractivity contribution >= 4 is 16.5 Å². The van der Waals surface area contributed by atoms with Gasteiger partial charge in [-0.1, -0.05) is 0 Å². The average molecular weight is 150 g/mol. The molecule has 5 nitrogen and oxygen atoms in total. The molecule has 1 atom stereocenters. The van der Waals surface area contributed by atoms with Gasteiger partial charge in [0.25, 0.3) is 10.2 Å². The molecule has 0 amide bonds. The van der Waals surface area contributed by atoms with Crippen molar-refractivity contribution < 1.29 is 13.2 Å². The Labute approximate surface area is 52.6 Å². The van der Waals surface area contributed by atoms with E-state index in [0.717, 1.165) is 0 Å². The van der Waals surface area contributed by atoms with Crippen LogP contribution < -0.4 is 9.44 Å². The second kappa shape index (κ2) is 2.05. The Morgan fingerprint density at radius 3 is 2.44 bits per heavy atom. The zero-order valence-electron chi connectivity index (χ0n) is 4.49. The van der Waals surface area contributed by atoms with E-state index in [1.54, 1.807) is 0 Å². The van der Waals surface area contributed by atoms with E-state index in [1.807, 2.05) is 0 Å². The SMILES string of the molecule is O=CC1CNS(=O)(=O)N1. The van der Waals surface area contributed by atoms with Crippen LogP contribution in [0.25, 0.3) is 0 Å². The van der Waals surface area contributed by atoms with Crippen LogP contribution in [-0.2, 0) is 15.0 Å². The minimum atomic E-state index is -3.34. The number of carbonyl (C=O) groups excluding carboxylic acids is 1. The second-order valence-corrected chi connectivity index (χ2v) is 3.24. The van der Waals surface area contributed by atoms with Gasteiger partial charge in [-0.2, -0.15) is 13.1 Å². The lowest BCUT2D eigenvalue weighted by molar-refractivity contribution is -0.108. The summed E-state index contributed by atoms with van der Waals surface area (Å²) in [5.74, 6) is 0. The van der Waals surface area contributed by atoms with Crippen molar-refractivity contribution in [1.29, 1.82) is 0 Å². The Bertz CT molecular complexity index is 209. The number of hydrogen-bond donors (Lipinski definition) is 2. The molecule has 0 aromatic heterocycles. The van der Waals surface area contributed by atoms with Crippen LogP contribution in [0.2, 0.25) is 0 Å². The van der Waals surface area contributed by atoms with Crippen LogP contribution in [0.4, 0.5) is 0 Å². The molecule has 1 unspecified atom stereocenters. The summed E-state index contributed by atoms with van der Waals surface area (Å²) in [6, 6.07) is -0.588. The topological polar surface area (TPSA) is 75.3 Å². The predicted molar refractivity (Wildman–Crippen MR) is 29.9 cm³/mol. The van der Waals surface area contributed by atoms with Crippen LogP contribution in [0.15, 0.2) is 0 Å². The van der Waals surface area contributed by atoms with Crippen molar-refractivity contribution in [3.63, 3.8) is 0 Å². The summed E-state index contributed by atoms with van der Waals surface area (Å²) in [7, 11) is -3.34. The summed E-state index contributed by atoms with van der Waals surface area (Å²) in [5.41, 5.74) is 0. The van der Waals surface area contributed by atoms with E-state index in [1.165, 1.54) is 0 Å². The van der Waals surface area contributed by atoms with Crippen LogP contribution in [0.5, 0.6) is 0 Å². The molecule has 0 aliphatic carbocycles. The fraction of sp³-hybridized carbons (Fsp3) is 0.667. The van der Waals surface area contributed by atoms with E-state index in [4.69, 9.17) is 0 Å². The number of aldehydes is 1. The lowest BCUT2D eigenvalue weighted by Crippen LogP contribution is -2.28. The maximum absolute atomic E-state index is 10.4.